The van der Waals surface area contributed by atoms with Gasteiger partial charge in [0.25, 0.3) is 17.5 Å². The average Bonchev–Trinajstić information content (AvgIpc) is 3.28. The molecule has 0 aliphatic rings. The quantitative estimate of drug-likeness (QED) is 0.326. The molecule has 31 heavy (non-hydrogen) atoms. The van der Waals surface area contributed by atoms with E-state index in [1.54, 1.807) is 24.3 Å². The minimum atomic E-state index is -0.866. The number of benzene rings is 2. The normalized spacial score (nSPS) is 11.4. The maximum Gasteiger partial charge on any atom is 0.326 e. The van der Waals surface area contributed by atoms with E-state index in [1.165, 1.54) is 38.3 Å². The van der Waals surface area contributed by atoms with Crippen molar-refractivity contribution < 1.29 is 28.4 Å². The first-order valence-corrected chi connectivity index (χ1v) is 9.08. The molecule has 1 aromatic heterocycles. The minimum Gasteiger partial charge on any atom is -0.496 e. The van der Waals surface area contributed by atoms with Gasteiger partial charge in [0.1, 0.15) is 12.3 Å². The molecule has 1 amide bonds. The first kappa shape index (κ1) is 21.4. The number of non-ortho nitro benzene ring substituents is 1. The highest BCUT2D eigenvalue weighted by Crippen LogP contribution is 2.24. The predicted molar refractivity (Wildman–Crippen MR) is 106 cm³/mol. The Morgan fingerprint density at radius 1 is 1.16 bits per heavy atom. The predicted octanol–water partition coefficient (Wildman–Crippen LogP) is 2.69. The van der Waals surface area contributed by atoms with Gasteiger partial charge in [0, 0.05) is 17.7 Å². The summed E-state index contributed by atoms with van der Waals surface area (Å²) in [6, 6.07) is 12.2. The number of amides is 1. The van der Waals surface area contributed by atoms with Crippen molar-refractivity contribution in [3.8, 4) is 17.2 Å². The molecule has 0 fully saturated rings. The number of nitro groups is 1. The van der Waals surface area contributed by atoms with Gasteiger partial charge in [-0.05, 0) is 31.2 Å². The Morgan fingerprint density at radius 3 is 2.55 bits per heavy atom. The van der Waals surface area contributed by atoms with Crippen molar-refractivity contribution in [3.63, 3.8) is 0 Å². The van der Waals surface area contributed by atoms with Gasteiger partial charge >= 0.3 is 5.97 Å². The summed E-state index contributed by atoms with van der Waals surface area (Å²) >= 11 is 0. The topological polar surface area (TPSA) is 147 Å². The molecule has 0 bridgehead atoms. The fraction of sp³-hybridized carbons (Fsp3) is 0.200. The lowest BCUT2D eigenvalue weighted by atomic mass is 10.2. The summed E-state index contributed by atoms with van der Waals surface area (Å²) in [5.74, 6) is -0.646. The Hall–Kier alpha value is -4.28. The lowest BCUT2D eigenvalue weighted by Gasteiger charge is -2.11. The highest BCUT2D eigenvalue weighted by Gasteiger charge is 2.20. The van der Waals surface area contributed by atoms with Gasteiger partial charge in [-0.25, -0.2) is 0 Å². The van der Waals surface area contributed by atoms with Gasteiger partial charge in [-0.2, -0.15) is 0 Å². The molecule has 3 aromatic rings. The number of rotatable bonds is 8. The number of nitro benzene ring substituents is 1. The Bertz CT molecular complexity index is 1090. The Morgan fingerprint density at radius 2 is 1.87 bits per heavy atom. The Labute approximate surface area is 176 Å². The van der Waals surface area contributed by atoms with Crippen LogP contribution in [0.2, 0.25) is 0 Å². The molecule has 160 valence electrons. The molecule has 0 saturated carbocycles. The van der Waals surface area contributed by atoms with Crippen LogP contribution >= 0.6 is 0 Å². The van der Waals surface area contributed by atoms with E-state index < -0.39 is 22.9 Å². The third-order valence-corrected chi connectivity index (χ3v) is 4.17. The number of aromatic nitrogens is 2. The summed E-state index contributed by atoms with van der Waals surface area (Å²) in [7, 11) is 1.44. The minimum absolute atomic E-state index is 0.0396. The second-order valence-corrected chi connectivity index (χ2v) is 6.26. The van der Waals surface area contributed by atoms with Crippen LogP contribution in [-0.2, 0) is 9.53 Å². The van der Waals surface area contributed by atoms with Crippen molar-refractivity contribution in [1.82, 2.24) is 15.5 Å². The number of nitrogens with zero attached hydrogens (tertiary/aromatic N) is 3. The number of para-hydroxylation sites is 1. The lowest BCUT2D eigenvalue weighted by Crippen LogP contribution is -2.31. The zero-order valence-corrected chi connectivity index (χ0v) is 16.6. The van der Waals surface area contributed by atoms with E-state index in [0.717, 1.165) is 0 Å². The van der Waals surface area contributed by atoms with Crippen molar-refractivity contribution in [2.75, 3.05) is 13.7 Å². The molecule has 1 N–H and O–H groups in total. The summed E-state index contributed by atoms with van der Waals surface area (Å²) in [6.45, 7) is 1.16. The van der Waals surface area contributed by atoms with E-state index in [2.05, 4.69) is 15.5 Å². The zero-order chi connectivity index (χ0) is 22.4. The van der Waals surface area contributed by atoms with E-state index in [1.807, 2.05) is 0 Å². The summed E-state index contributed by atoms with van der Waals surface area (Å²) < 4.78 is 15.8. The fourth-order valence-electron chi connectivity index (χ4n) is 2.61. The first-order valence-electron chi connectivity index (χ1n) is 9.08. The highest BCUT2D eigenvalue weighted by molar-refractivity contribution is 5.98. The summed E-state index contributed by atoms with van der Waals surface area (Å²) in [6.07, 6.45) is -0.866. The number of nitrogens with one attached hydrogen (secondary N) is 1. The number of carbonyl (C=O) groups is 2. The SMILES string of the molecule is COc1ccccc1C(=O)NCC(=O)OC(C)c1nnc(-c2ccc([N+](=O)[O-])cc2)o1. The van der Waals surface area contributed by atoms with Crippen LogP contribution in [0, 0.1) is 10.1 Å². The van der Waals surface area contributed by atoms with E-state index >= 15 is 0 Å². The van der Waals surface area contributed by atoms with Crippen LogP contribution in [0.5, 0.6) is 5.75 Å². The van der Waals surface area contributed by atoms with Crippen LogP contribution in [0.15, 0.2) is 52.9 Å². The van der Waals surface area contributed by atoms with Gasteiger partial charge in [-0.3, -0.25) is 19.7 Å². The molecule has 0 aliphatic carbocycles. The fourth-order valence-corrected chi connectivity index (χ4v) is 2.61. The van der Waals surface area contributed by atoms with E-state index in [4.69, 9.17) is 13.9 Å². The van der Waals surface area contributed by atoms with Crippen molar-refractivity contribution in [3.05, 3.63) is 70.1 Å². The lowest BCUT2D eigenvalue weighted by molar-refractivity contribution is -0.384. The second-order valence-electron chi connectivity index (χ2n) is 6.26. The number of methoxy groups -OCH3 is 1. The number of hydrogen-bond donors (Lipinski definition) is 1. The largest absolute Gasteiger partial charge is 0.496 e. The van der Waals surface area contributed by atoms with Gasteiger partial charge in [0.2, 0.25) is 5.89 Å². The smallest absolute Gasteiger partial charge is 0.326 e. The van der Waals surface area contributed by atoms with Crippen LogP contribution in [0.25, 0.3) is 11.5 Å². The van der Waals surface area contributed by atoms with Gasteiger partial charge in [0.05, 0.1) is 17.6 Å². The molecule has 0 radical (unpaired) electrons. The van der Waals surface area contributed by atoms with Gasteiger partial charge < -0.3 is 19.2 Å². The first-order chi connectivity index (χ1) is 14.9. The molecule has 3 rings (SSSR count). The van der Waals surface area contributed by atoms with Gasteiger partial charge in [0.15, 0.2) is 6.10 Å². The van der Waals surface area contributed by atoms with Gasteiger partial charge in [-0.1, -0.05) is 12.1 Å². The summed E-state index contributed by atoms with van der Waals surface area (Å²) in [4.78, 5) is 34.5. The van der Waals surface area contributed by atoms with Crippen LogP contribution in [0.3, 0.4) is 0 Å². The standard InChI is InChI=1S/C20H18N4O7/c1-12(19-22-23-20(31-19)13-7-9-14(10-8-13)24(27)28)30-17(25)11-21-18(26)15-5-3-4-6-16(15)29-2/h3-10,12H,11H2,1-2H3,(H,21,26). The molecule has 1 atom stereocenters. The van der Waals surface area contributed by atoms with Crippen molar-refractivity contribution in [2.24, 2.45) is 0 Å². The highest BCUT2D eigenvalue weighted by atomic mass is 16.6. The third kappa shape index (κ3) is 5.21. The number of esters is 1. The zero-order valence-electron chi connectivity index (χ0n) is 16.6. The monoisotopic (exact) mass is 426 g/mol. The average molecular weight is 426 g/mol. The van der Waals surface area contributed by atoms with Crippen molar-refractivity contribution in [2.45, 2.75) is 13.0 Å². The molecule has 0 saturated heterocycles. The maximum absolute atomic E-state index is 12.2. The molecule has 2 aromatic carbocycles. The molecular formula is C20H18N4O7. The molecule has 11 heteroatoms. The molecule has 1 unspecified atom stereocenters. The third-order valence-electron chi connectivity index (χ3n) is 4.17. The van der Waals surface area contributed by atoms with Crippen LogP contribution < -0.4 is 10.1 Å². The Balaban J connectivity index is 1.56. The van der Waals surface area contributed by atoms with E-state index in [9.17, 15) is 19.7 Å². The van der Waals surface area contributed by atoms with Crippen LogP contribution in [0.1, 0.15) is 29.3 Å². The van der Waals surface area contributed by atoms with Crippen LogP contribution in [0.4, 0.5) is 5.69 Å². The summed E-state index contributed by atoms with van der Waals surface area (Å²) in [5.41, 5.74) is 0.698. The molecular weight excluding hydrogens is 408 g/mol. The second kappa shape index (κ2) is 9.48. The van der Waals surface area contributed by atoms with Crippen LogP contribution in [-0.4, -0.2) is 40.7 Å². The number of carbonyl (C=O) groups excluding carboxylic acids is 2. The molecule has 1 heterocycles. The van der Waals surface area contributed by atoms with Crippen molar-refractivity contribution in [1.29, 1.82) is 0 Å². The van der Waals surface area contributed by atoms with E-state index in [0.29, 0.717) is 11.3 Å². The maximum atomic E-state index is 12.2. The van der Waals surface area contributed by atoms with E-state index in [-0.39, 0.29) is 29.6 Å². The van der Waals surface area contributed by atoms with Crippen molar-refractivity contribution >= 4 is 17.6 Å². The summed E-state index contributed by atoms with van der Waals surface area (Å²) in [5, 5.41) is 20.9. The molecule has 0 aliphatic heterocycles. The Kier molecular flexibility index (Phi) is 6.55. The number of hydrogen-bond acceptors (Lipinski definition) is 9. The molecule has 11 nitrogen and oxygen atoms in total. The number of ether oxygens (including phenoxy) is 2. The van der Waals surface area contributed by atoms with Gasteiger partial charge in [-0.15, -0.1) is 10.2 Å². The molecule has 0 spiro atoms.